The van der Waals surface area contributed by atoms with E-state index >= 15 is 0 Å². The van der Waals surface area contributed by atoms with Crippen LogP contribution < -0.4 is 0 Å². The van der Waals surface area contributed by atoms with Crippen LogP contribution in [0.15, 0.2) is 35.3 Å². The van der Waals surface area contributed by atoms with Crippen molar-refractivity contribution in [2.75, 3.05) is 0 Å². The number of hydrogen-bond acceptors (Lipinski definition) is 4. The third-order valence-electron chi connectivity index (χ3n) is 1.75. The monoisotopic (exact) mass is 224 g/mol. The van der Waals surface area contributed by atoms with Crippen molar-refractivity contribution in [3.63, 3.8) is 0 Å². The Morgan fingerprint density at radius 1 is 1.50 bits per heavy atom. The average Bonchev–Trinajstić information content (AvgIpc) is 2.59. The molecule has 2 nitrogen and oxygen atoms in total. The van der Waals surface area contributed by atoms with Gasteiger partial charge in [-0.3, -0.25) is 0 Å². The maximum Gasteiger partial charge on any atom is 0.344 e. The molecule has 72 valence electrons. The lowest BCUT2D eigenvalue weighted by molar-refractivity contribution is 0.0638. The van der Waals surface area contributed by atoms with Crippen molar-refractivity contribution < 1.29 is 9.53 Å². The van der Waals surface area contributed by atoms with Gasteiger partial charge in [-0.05, 0) is 22.9 Å². The van der Waals surface area contributed by atoms with Gasteiger partial charge < -0.3 is 4.74 Å². The quantitative estimate of drug-likeness (QED) is 0.633. The van der Waals surface area contributed by atoms with Crippen LogP contribution in [0.25, 0.3) is 0 Å². The summed E-state index contributed by atoms with van der Waals surface area (Å²) in [6.07, 6.45) is 1.71. The Balaban J connectivity index is 2.35. The Bertz CT molecular complexity index is 404. The van der Waals surface area contributed by atoms with Crippen molar-refractivity contribution in [3.05, 3.63) is 45.7 Å². The molecule has 0 spiro atoms. The first-order valence-electron chi connectivity index (χ1n) is 4.03. The summed E-state index contributed by atoms with van der Waals surface area (Å²) >= 11 is 3.21. The smallest absolute Gasteiger partial charge is 0.344 e. The zero-order valence-electron chi connectivity index (χ0n) is 7.36. The van der Waals surface area contributed by atoms with E-state index in [1.165, 1.54) is 0 Å². The molecule has 1 aliphatic rings. The fourth-order valence-electron chi connectivity index (χ4n) is 1.09. The molecule has 1 aromatic heterocycles. The number of rotatable bonds is 0. The predicted octanol–water partition coefficient (Wildman–Crippen LogP) is 3.18. The molecular weight excluding hydrogens is 216 g/mol. The van der Waals surface area contributed by atoms with E-state index in [1.807, 2.05) is 10.8 Å². The van der Waals surface area contributed by atoms with Gasteiger partial charge in [0.25, 0.3) is 0 Å². The maximum absolute atomic E-state index is 11.6. The van der Waals surface area contributed by atoms with Crippen molar-refractivity contribution in [1.29, 1.82) is 0 Å². The number of carbonyl (C=O) groups is 1. The third-order valence-corrected chi connectivity index (χ3v) is 3.64. The van der Waals surface area contributed by atoms with E-state index in [0.717, 1.165) is 10.6 Å². The number of thioether (sulfide) groups is 1. The second-order valence-electron chi connectivity index (χ2n) is 2.73. The van der Waals surface area contributed by atoms with Crippen LogP contribution >= 0.6 is 23.1 Å². The van der Waals surface area contributed by atoms with Gasteiger partial charge in [-0.15, -0.1) is 23.1 Å². The predicted molar refractivity (Wildman–Crippen MR) is 59.3 cm³/mol. The molecule has 0 unspecified atom stereocenters. The SMILES string of the molecule is C=C1/C=C\SCc2sccc2C(=O)O1. The number of allylic oxidation sites excluding steroid dienone is 1. The van der Waals surface area contributed by atoms with Crippen molar-refractivity contribution in [1.82, 2.24) is 0 Å². The number of esters is 1. The van der Waals surface area contributed by atoms with Gasteiger partial charge in [-0.25, -0.2) is 4.79 Å². The maximum atomic E-state index is 11.6. The molecule has 2 heterocycles. The molecule has 1 aliphatic heterocycles. The summed E-state index contributed by atoms with van der Waals surface area (Å²) < 4.78 is 5.03. The summed E-state index contributed by atoms with van der Waals surface area (Å²) in [7, 11) is 0. The number of thiophene rings is 1. The fourth-order valence-corrected chi connectivity index (χ4v) is 2.86. The van der Waals surface area contributed by atoms with Crippen molar-refractivity contribution in [2.45, 2.75) is 5.75 Å². The first kappa shape index (κ1) is 9.55. The standard InChI is InChI=1S/C10H8O2S2/c1-7-2-4-13-6-9-8(3-5-14-9)10(11)12-7/h2-5H,1,6H2/b4-2-. The van der Waals surface area contributed by atoms with Crippen molar-refractivity contribution in [2.24, 2.45) is 0 Å². The Morgan fingerprint density at radius 2 is 2.36 bits per heavy atom. The third kappa shape index (κ3) is 1.91. The molecule has 0 amide bonds. The highest BCUT2D eigenvalue weighted by atomic mass is 32.2. The number of carbonyl (C=O) groups excluding carboxylic acids is 1. The highest BCUT2D eigenvalue weighted by molar-refractivity contribution is 8.01. The van der Waals surface area contributed by atoms with Crippen LogP contribution in [0.5, 0.6) is 0 Å². The molecule has 0 saturated carbocycles. The van der Waals surface area contributed by atoms with Gasteiger partial charge in [0.15, 0.2) is 0 Å². The lowest BCUT2D eigenvalue weighted by atomic mass is 10.3. The molecule has 0 N–H and O–H groups in total. The number of cyclic esters (lactones) is 1. The number of hydrogen-bond donors (Lipinski definition) is 0. The van der Waals surface area contributed by atoms with Gasteiger partial charge >= 0.3 is 5.97 Å². The molecular formula is C10H8O2S2. The van der Waals surface area contributed by atoms with E-state index in [-0.39, 0.29) is 5.97 Å². The second kappa shape index (κ2) is 4.02. The Labute approximate surface area is 90.3 Å². The molecule has 0 radical (unpaired) electrons. The highest BCUT2D eigenvalue weighted by Gasteiger charge is 2.15. The molecule has 4 heteroatoms. The van der Waals surface area contributed by atoms with Gasteiger partial charge in [0.2, 0.25) is 0 Å². The second-order valence-corrected chi connectivity index (χ2v) is 4.62. The van der Waals surface area contributed by atoms with Crippen molar-refractivity contribution in [3.8, 4) is 0 Å². The van der Waals surface area contributed by atoms with E-state index in [0.29, 0.717) is 11.3 Å². The topological polar surface area (TPSA) is 26.3 Å². The Morgan fingerprint density at radius 3 is 3.21 bits per heavy atom. The molecule has 0 aliphatic carbocycles. The Hall–Kier alpha value is -1.00. The van der Waals surface area contributed by atoms with E-state index < -0.39 is 0 Å². The van der Waals surface area contributed by atoms with Gasteiger partial charge in [0.1, 0.15) is 5.76 Å². The minimum absolute atomic E-state index is 0.307. The summed E-state index contributed by atoms with van der Waals surface area (Å²) in [6.45, 7) is 3.63. The van der Waals surface area contributed by atoms with Crippen LogP contribution in [0.4, 0.5) is 0 Å². The van der Waals surface area contributed by atoms with Crippen LogP contribution in [0.2, 0.25) is 0 Å². The number of ether oxygens (including phenoxy) is 1. The van der Waals surface area contributed by atoms with Crippen LogP contribution in [-0.2, 0) is 10.5 Å². The summed E-state index contributed by atoms with van der Waals surface area (Å²) in [4.78, 5) is 12.6. The van der Waals surface area contributed by atoms with Gasteiger partial charge in [-0.1, -0.05) is 6.58 Å². The molecule has 2 rings (SSSR count). The number of fused-ring (bicyclic) bond motifs is 1. The largest absolute Gasteiger partial charge is 0.424 e. The van der Waals surface area contributed by atoms with E-state index in [4.69, 9.17) is 4.74 Å². The summed E-state index contributed by atoms with van der Waals surface area (Å²) in [5.41, 5.74) is 0.660. The molecule has 0 bridgehead atoms. The first-order valence-corrected chi connectivity index (χ1v) is 5.96. The first-order chi connectivity index (χ1) is 6.77. The van der Waals surface area contributed by atoms with E-state index in [1.54, 1.807) is 35.2 Å². The molecule has 0 fully saturated rings. The molecule has 0 atom stereocenters. The lowest BCUT2D eigenvalue weighted by Crippen LogP contribution is -2.03. The summed E-state index contributed by atoms with van der Waals surface area (Å²) in [5.74, 6) is 0.895. The average molecular weight is 224 g/mol. The van der Waals surface area contributed by atoms with E-state index in [2.05, 4.69) is 6.58 Å². The van der Waals surface area contributed by atoms with Crippen LogP contribution in [0.3, 0.4) is 0 Å². The molecule has 1 aromatic rings. The summed E-state index contributed by atoms with van der Waals surface area (Å²) in [6, 6.07) is 1.79. The zero-order chi connectivity index (χ0) is 9.97. The summed E-state index contributed by atoms with van der Waals surface area (Å²) in [5, 5.41) is 3.80. The fraction of sp³-hybridized carbons (Fsp3) is 0.100. The van der Waals surface area contributed by atoms with Gasteiger partial charge in [0, 0.05) is 10.6 Å². The Kier molecular flexibility index (Phi) is 2.74. The zero-order valence-corrected chi connectivity index (χ0v) is 8.99. The highest BCUT2D eigenvalue weighted by Crippen LogP contribution is 2.26. The van der Waals surface area contributed by atoms with Crippen molar-refractivity contribution >= 4 is 29.1 Å². The van der Waals surface area contributed by atoms with Gasteiger partial charge in [-0.2, -0.15) is 0 Å². The van der Waals surface area contributed by atoms with Crippen LogP contribution in [-0.4, -0.2) is 5.97 Å². The minimum Gasteiger partial charge on any atom is -0.424 e. The van der Waals surface area contributed by atoms with Gasteiger partial charge in [0.05, 0.1) is 5.56 Å². The lowest BCUT2D eigenvalue weighted by Gasteiger charge is -2.01. The molecule has 14 heavy (non-hydrogen) atoms. The van der Waals surface area contributed by atoms with Crippen LogP contribution in [0, 0.1) is 0 Å². The molecule has 0 aromatic carbocycles. The molecule has 0 saturated heterocycles. The van der Waals surface area contributed by atoms with E-state index in [9.17, 15) is 4.79 Å². The minimum atomic E-state index is -0.307. The normalized spacial score (nSPS) is 18.9. The van der Waals surface area contributed by atoms with Crippen LogP contribution in [0.1, 0.15) is 15.2 Å².